The third-order valence-corrected chi connectivity index (χ3v) is 4.85. The number of carbonyl (C=O) groups excluding carboxylic acids is 1. The van der Waals surface area contributed by atoms with Crippen LogP contribution >= 0.6 is 34.4 Å². The molecule has 0 bridgehead atoms. The number of anilines is 1. The summed E-state index contributed by atoms with van der Waals surface area (Å²) in [6.07, 6.45) is 1.75. The molecule has 0 radical (unpaired) electrons. The number of furan rings is 1. The van der Waals surface area contributed by atoms with Crippen LogP contribution in [0.4, 0.5) is 5.69 Å². The summed E-state index contributed by atoms with van der Waals surface area (Å²) in [6, 6.07) is 9.57. The second-order valence-electron chi connectivity index (χ2n) is 4.97. The number of methoxy groups -OCH3 is 1. The Morgan fingerprint density at radius 1 is 1.39 bits per heavy atom. The van der Waals surface area contributed by atoms with E-state index >= 15 is 0 Å². The number of hydrogen-bond acceptors (Lipinski definition) is 5. The number of ether oxygens (including phenoxy) is 1. The maximum atomic E-state index is 12.1. The SMILES string of the molecule is COc1ccc(C)cc1NC1NC(=O)/C(=C/c2ccc(I)o2)S1. The summed E-state index contributed by atoms with van der Waals surface area (Å²) < 4.78 is 11.6. The quantitative estimate of drug-likeness (QED) is 0.557. The molecule has 1 aromatic heterocycles. The highest BCUT2D eigenvalue weighted by Crippen LogP contribution is 2.33. The van der Waals surface area contributed by atoms with Crippen molar-refractivity contribution in [2.24, 2.45) is 0 Å². The van der Waals surface area contributed by atoms with Gasteiger partial charge in [-0.25, -0.2) is 0 Å². The van der Waals surface area contributed by atoms with E-state index < -0.39 is 0 Å². The minimum absolute atomic E-state index is 0.120. The van der Waals surface area contributed by atoms with Crippen LogP contribution in [0.1, 0.15) is 11.3 Å². The second-order valence-corrected chi connectivity index (χ2v) is 7.18. The molecule has 1 fully saturated rings. The van der Waals surface area contributed by atoms with Crippen molar-refractivity contribution in [2.75, 3.05) is 12.4 Å². The molecule has 0 aliphatic carbocycles. The second kappa shape index (κ2) is 6.88. The molecule has 2 aromatic rings. The summed E-state index contributed by atoms with van der Waals surface area (Å²) >= 11 is 3.51. The molecule has 3 rings (SSSR count). The first kappa shape index (κ1) is 16.3. The number of carbonyl (C=O) groups is 1. The van der Waals surface area contributed by atoms with Crippen molar-refractivity contribution >= 4 is 52.0 Å². The van der Waals surface area contributed by atoms with Gasteiger partial charge in [0.15, 0.2) is 9.26 Å². The molecular formula is C16H15IN2O3S. The lowest BCUT2D eigenvalue weighted by Crippen LogP contribution is -2.31. The van der Waals surface area contributed by atoms with E-state index in [2.05, 4.69) is 33.2 Å². The highest BCUT2D eigenvalue weighted by Gasteiger charge is 2.28. The van der Waals surface area contributed by atoms with Gasteiger partial charge in [-0.2, -0.15) is 0 Å². The van der Waals surface area contributed by atoms with Gasteiger partial charge < -0.3 is 19.8 Å². The Hall–Kier alpha value is -1.61. The number of benzene rings is 1. The standard InChI is InChI=1S/C16H15IN2O3S/c1-9-3-5-12(21-2)11(7-9)18-16-19-15(20)13(23-16)8-10-4-6-14(17)22-10/h3-8,16,18H,1-2H3,(H,19,20)/b13-8-. The number of amides is 1. The minimum Gasteiger partial charge on any atom is -0.495 e. The topological polar surface area (TPSA) is 63.5 Å². The van der Waals surface area contributed by atoms with Crippen LogP contribution in [0.5, 0.6) is 5.75 Å². The van der Waals surface area contributed by atoms with Crippen molar-refractivity contribution in [1.82, 2.24) is 5.32 Å². The number of nitrogens with one attached hydrogen (secondary N) is 2. The highest BCUT2D eigenvalue weighted by molar-refractivity contribution is 14.1. The Labute approximate surface area is 152 Å². The fraction of sp³-hybridized carbons (Fsp3) is 0.188. The van der Waals surface area contributed by atoms with E-state index in [9.17, 15) is 4.79 Å². The Bertz CT molecular complexity index is 772. The molecule has 2 N–H and O–H groups in total. The van der Waals surface area contributed by atoms with Crippen molar-refractivity contribution in [3.8, 4) is 5.75 Å². The van der Waals surface area contributed by atoms with Gasteiger partial charge in [0.1, 0.15) is 11.5 Å². The monoisotopic (exact) mass is 442 g/mol. The van der Waals surface area contributed by atoms with Gasteiger partial charge in [-0.1, -0.05) is 17.8 Å². The van der Waals surface area contributed by atoms with E-state index in [1.54, 1.807) is 13.2 Å². The molecule has 1 saturated heterocycles. The first-order valence-corrected chi connectivity index (χ1v) is 8.87. The lowest BCUT2D eigenvalue weighted by Gasteiger charge is -2.16. The maximum absolute atomic E-state index is 12.1. The molecule has 2 heterocycles. The zero-order valence-corrected chi connectivity index (χ0v) is 15.5. The van der Waals surface area contributed by atoms with E-state index in [4.69, 9.17) is 9.15 Å². The predicted molar refractivity (Wildman–Crippen MR) is 100 cm³/mol. The van der Waals surface area contributed by atoms with Gasteiger partial charge in [-0.05, 0) is 59.3 Å². The summed E-state index contributed by atoms with van der Waals surface area (Å²) in [5, 5.41) is 6.18. The van der Waals surface area contributed by atoms with Gasteiger partial charge in [0.25, 0.3) is 5.91 Å². The number of halogens is 1. The van der Waals surface area contributed by atoms with Crippen molar-refractivity contribution < 1.29 is 13.9 Å². The van der Waals surface area contributed by atoms with Gasteiger partial charge in [-0.3, -0.25) is 4.79 Å². The smallest absolute Gasteiger partial charge is 0.260 e. The average molecular weight is 442 g/mol. The molecule has 0 saturated carbocycles. The summed E-state index contributed by atoms with van der Waals surface area (Å²) in [7, 11) is 1.63. The van der Waals surface area contributed by atoms with E-state index in [1.165, 1.54) is 11.8 Å². The normalized spacial score (nSPS) is 19.0. The molecular weight excluding hydrogens is 427 g/mol. The number of aryl methyl sites for hydroxylation is 1. The Kier molecular flexibility index (Phi) is 4.86. The fourth-order valence-electron chi connectivity index (χ4n) is 2.18. The molecule has 1 aliphatic rings. The number of thioether (sulfide) groups is 1. The summed E-state index contributed by atoms with van der Waals surface area (Å²) in [5.74, 6) is 1.29. The van der Waals surface area contributed by atoms with Crippen molar-refractivity contribution in [1.29, 1.82) is 0 Å². The van der Waals surface area contributed by atoms with Crippen LogP contribution in [0.2, 0.25) is 0 Å². The van der Waals surface area contributed by atoms with Crippen LogP contribution in [0.3, 0.4) is 0 Å². The van der Waals surface area contributed by atoms with E-state index in [0.29, 0.717) is 10.7 Å². The number of rotatable bonds is 4. The molecule has 1 unspecified atom stereocenters. The van der Waals surface area contributed by atoms with Gasteiger partial charge >= 0.3 is 0 Å². The van der Waals surface area contributed by atoms with Gasteiger partial charge in [0, 0.05) is 6.08 Å². The minimum atomic E-state index is -0.251. The highest BCUT2D eigenvalue weighted by atomic mass is 127. The van der Waals surface area contributed by atoms with Gasteiger partial charge in [0.2, 0.25) is 0 Å². The van der Waals surface area contributed by atoms with Crippen molar-refractivity contribution in [2.45, 2.75) is 12.4 Å². The van der Waals surface area contributed by atoms with E-state index in [-0.39, 0.29) is 11.4 Å². The summed E-state index contributed by atoms with van der Waals surface area (Å²) in [6.45, 7) is 2.01. The lowest BCUT2D eigenvalue weighted by atomic mass is 10.2. The van der Waals surface area contributed by atoms with Crippen LogP contribution in [0.15, 0.2) is 39.7 Å². The maximum Gasteiger partial charge on any atom is 0.260 e. The third kappa shape index (κ3) is 3.84. The van der Waals surface area contributed by atoms with Crippen LogP contribution in [-0.2, 0) is 4.79 Å². The zero-order valence-electron chi connectivity index (χ0n) is 12.6. The third-order valence-electron chi connectivity index (χ3n) is 3.24. The number of hydrogen-bond donors (Lipinski definition) is 2. The Morgan fingerprint density at radius 3 is 2.91 bits per heavy atom. The van der Waals surface area contributed by atoms with E-state index in [0.717, 1.165) is 20.8 Å². The molecule has 1 atom stereocenters. The van der Waals surface area contributed by atoms with Crippen LogP contribution in [-0.4, -0.2) is 18.5 Å². The molecule has 1 amide bonds. The van der Waals surface area contributed by atoms with Crippen LogP contribution in [0.25, 0.3) is 6.08 Å². The van der Waals surface area contributed by atoms with Crippen LogP contribution < -0.4 is 15.4 Å². The van der Waals surface area contributed by atoms with Gasteiger partial charge in [-0.15, -0.1) is 0 Å². The van der Waals surface area contributed by atoms with Gasteiger partial charge in [0.05, 0.1) is 17.7 Å². The van der Waals surface area contributed by atoms with Crippen molar-refractivity contribution in [3.05, 3.63) is 50.3 Å². The molecule has 0 spiro atoms. The molecule has 1 aliphatic heterocycles. The van der Waals surface area contributed by atoms with Crippen molar-refractivity contribution in [3.63, 3.8) is 0 Å². The molecule has 5 nitrogen and oxygen atoms in total. The largest absolute Gasteiger partial charge is 0.495 e. The predicted octanol–water partition coefficient (Wildman–Crippen LogP) is 3.80. The summed E-state index contributed by atoms with van der Waals surface area (Å²) in [4.78, 5) is 12.7. The zero-order chi connectivity index (χ0) is 16.4. The molecule has 120 valence electrons. The lowest BCUT2D eigenvalue weighted by molar-refractivity contribution is -0.116. The first-order chi connectivity index (χ1) is 11.0. The Morgan fingerprint density at radius 2 is 2.22 bits per heavy atom. The van der Waals surface area contributed by atoms with Crippen LogP contribution in [0, 0.1) is 10.7 Å². The molecule has 23 heavy (non-hydrogen) atoms. The van der Waals surface area contributed by atoms with E-state index in [1.807, 2.05) is 37.3 Å². The average Bonchev–Trinajstić information content (AvgIpc) is 3.06. The molecule has 7 heteroatoms. The summed E-state index contributed by atoms with van der Waals surface area (Å²) in [5.41, 5.74) is 1.71. The fourth-order valence-corrected chi connectivity index (χ4v) is 3.57. The Balaban J connectivity index is 1.75. The first-order valence-electron chi connectivity index (χ1n) is 6.91. The molecule has 1 aromatic carbocycles.